The first-order chi connectivity index (χ1) is 3.93. The zero-order chi connectivity index (χ0) is 5.82. The lowest BCUT2D eigenvalue weighted by atomic mass is 10.7. The van der Waals surface area contributed by atoms with Crippen LogP contribution in [-0.4, -0.2) is 27.7 Å². The molecule has 0 radical (unpaired) electrons. The predicted octanol–water partition coefficient (Wildman–Crippen LogP) is -0.654. The van der Waals surface area contributed by atoms with E-state index in [1.807, 2.05) is 0 Å². The number of methoxy groups -OCH3 is 1. The normalized spacial score (nSPS) is 9.62. The maximum Gasteiger partial charge on any atom is 0.200 e. The zero-order valence-electron chi connectivity index (χ0n) is 4.46. The van der Waals surface area contributed by atoms with Gasteiger partial charge in [0.15, 0.2) is 5.82 Å². The van der Waals surface area contributed by atoms with E-state index in [0.29, 0.717) is 12.4 Å². The topological polar surface area (TPSA) is 63.7 Å². The van der Waals surface area contributed by atoms with Crippen LogP contribution in [0.2, 0.25) is 0 Å². The summed E-state index contributed by atoms with van der Waals surface area (Å²) in [6, 6.07) is 0. The Hall–Kier alpha value is -0.970. The van der Waals surface area contributed by atoms with Gasteiger partial charge < -0.3 is 4.74 Å². The highest BCUT2D eigenvalue weighted by molar-refractivity contribution is 4.69. The molecule has 0 amide bonds. The van der Waals surface area contributed by atoms with Crippen molar-refractivity contribution in [2.75, 3.05) is 7.11 Å². The van der Waals surface area contributed by atoms with Gasteiger partial charge in [0.25, 0.3) is 0 Å². The Bertz CT molecular complexity index is 137. The standard InChI is InChI=1S/C3H6N4O/c1-8-2-3-4-6-7-5-3/h2H2,1H3,(H,4,5,6,7). The molecule has 0 saturated carbocycles. The Labute approximate surface area is 46.0 Å². The average Bonchev–Trinajstić information content (AvgIpc) is 2.19. The highest BCUT2D eigenvalue weighted by Gasteiger charge is 1.91. The number of aromatic nitrogens is 4. The van der Waals surface area contributed by atoms with Gasteiger partial charge >= 0.3 is 0 Å². The number of nitrogens with one attached hydrogen (secondary N) is 1. The van der Waals surface area contributed by atoms with E-state index in [0.717, 1.165) is 0 Å². The lowest BCUT2D eigenvalue weighted by molar-refractivity contribution is 0.178. The van der Waals surface area contributed by atoms with Crippen molar-refractivity contribution in [2.45, 2.75) is 6.61 Å². The molecule has 0 saturated heterocycles. The SMILES string of the molecule is COCc1nn[nH]n1. The van der Waals surface area contributed by atoms with E-state index < -0.39 is 0 Å². The van der Waals surface area contributed by atoms with Crippen LogP contribution in [0.5, 0.6) is 0 Å². The van der Waals surface area contributed by atoms with Crippen LogP contribution < -0.4 is 0 Å². The zero-order valence-corrected chi connectivity index (χ0v) is 4.46. The van der Waals surface area contributed by atoms with Crippen LogP contribution in [0.25, 0.3) is 0 Å². The molecule has 1 N–H and O–H groups in total. The van der Waals surface area contributed by atoms with E-state index in [1.165, 1.54) is 0 Å². The van der Waals surface area contributed by atoms with Gasteiger partial charge in [0.2, 0.25) is 0 Å². The molecular formula is C3H6N4O. The van der Waals surface area contributed by atoms with Crippen molar-refractivity contribution in [3.05, 3.63) is 5.82 Å². The fourth-order valence-corrected chi connectivity index (χ4v) is 0.373. The van der Waals surface area contributed by atoms with Gasteiger partial charge in [-0.15, -0.1) is 10.2 Å². The first-order valence-corrected chi connectivity index (χ1v) is 2.14. The van der Waals surface area contributed by atoms with Gasteiger partial charge in [0, 0.05) is 7.11 Å². The Morgan fingerprint density at radius 2 is 2.62 bits per heavy atom. The molecule has 8 heavy (non-hydrogen) atoms. The lowest BCUT2D eigenvalue weighted by Gasteiger charge is -1.84. The van der Waals surface area contributed by atoms with Crippen LogP contribution in [0, 0.1) is 0 Å². The minimum atomic E-state index is 0.413. The number of aromatic amines is 1. The van der Waals surface area contributed by atoms with E-state index in [1.54, 1.807) is 7.11 Å². The summed E-state index contributed by atoms with van der Waals surface area (Å²) in [7, 11) is 1.58. The molecule has 1 aromatic heterocycles. The third-order valence-electron chi connectivity index (χ3n) is 0.663. The van der Waals surface area contributed by atoms with Crippen LogP contribution in [0.4, 0.5) is 0 Å². The van der Waals surface area contributed by atoms with Crippen molar-refractivity contribution >= 4 is 0 Å². The summed E-state index contributed by atoms with van der Waals surface area (Å²) < 4.78 is 4.70. The van der Waals surface area contributed by atoms with Crippen LogP contribution in [0.1, 0.15) is 5.82 Å². The number of hydrogen-bond acceptors (Lipinski definition) is 4. The maximum atomic E-state index is 4.70. The van der Waals surface area contributed by atoms with Gasteiger partial charge in [-0.2, -0.15) is 5.21 Å². The van der Waals surface area contributed by atoms with Crippen molar-refractivity contribution in [3.63, 3.8) is 0 Å². The maximum absolute atomic E-state index is 4.70. The van der Waals surface area contributed by atoms with Crippen molar-refractivity contribution in [3.8, 4) is 0 Å². The molecule has 0 bridgehead atoms. The highest BCUT2D eigenvalue weighted by Crippen LogP contribution is 1.82. The van der Waals surface area contributed by atoms with Gasteiger partial charge in [-0.1, -0.05) is 5.21 Å². The molecule has 0 aliphatic heterocycles. The molecule has 5 heteroatoms. The van der Waals surface area contributed by atoms with E-state index in [4.69, 9.17) is 4.74 Å². The van der Waals surface area contributed by atoms with E-state index in [9.17, 15) is 0 Å². The van der Waals surface area contributed by atoms with Crippen LogP contribution in [0.15, 0.2) is 0 Å². The quantitative estimate of drug-likeness (QED) is 0.554. The third-order valence-corrected chi connectivity index (χ3v) is 0.663. The van der Waals surface area contributed by atoms with Gasteiger partial charge in [-0.25, -0.2) is 0 Å². The summed E-state index contributed by atoms with van der Waals surface area (Å²) in [5.41, 5.74) is 0. The van der Waals surface area contributed by atoms with Crippen molar-refractivity contribution in [1.29, 1.82) is 0 Å². The van der Waals surface area contributed by atoms with E-state index in [-0.39, 0.29) is 0 Å². The lowest BCUT2D eigenvalue weighted by Crippen LogP contribution is -1.89. The second-order valence-electron chi connectivity index (χ2n) is 1.26. The molecule has 0 spiro atoms. The minimum absolute atomic E-state index is 0.413. The molecule has 1 heterocycles. The molecule has 5 nitrogen and oxygen atoms in total. The molecule has 1 aromatic rings. The first-order valence-electron chi connectivity index (χ1n) is 2.14. The molecular weight excluding hydrogens is 108 g/mol. The van der Waals surface area contributed by atoms with Crippen LogP contribution >= 0.6 is 0 Å². The number of ether oxygens (including phenoxy) is 1. The van der Waals surface area contributed by atoms with Crippen LogP contribution in [-0.2, 0) is 11.3 Å². The molecule has 0 aromatic carbocycles. The summed E-state index contributed by atoms with van der Waals surface area (Å²) in [4.78, 5) is 0. The Morgan fingerprint density at radius 3 is 3.12 bits per heavy atom. The van der Waals surface area contributed by atoms with Crippen molar-refractivity contribution in [2.24, 2.45) is 0 Å². The molecule has 0 unspecified atom stereocenters. The highest BCUT2D eigenvalue weighted by atomic mass is 16.5. The number of tetrazole rings is 1. The molecule has 0 aliphatic carbocycles. The van der Waals surface area contributed by atoms with Gasteiger partial charge in [0.05, 0.1) is 0 Å². The summed E-state index contributed by atoms with van der Waals surface area (Å²) >= 11 is 0. The molecule has 0 atom stereocenters. The molecule has 0 fully saturated rings. The second kappa shape index (κ2) is 2.37. The first kappa shape index (κ1) is 5.17. The Kier molecular flexibility index (Phi) is 1.53. The van der Waals surface area contributed by atoms with Gasteiger partial charge in [-0.3, -0.25) is 0 Å². The monoisotopic (exact) mass is 114 g/mol. The predicted molar refractivity (Wildman–Crippen MR) is 24.9 cm³/mol. The number of rotatable bonds is 2. The smallest absolute Gasteiger partial charge is 0.200 e. The molecule has 44 valence electrons. The molecule has 1 rings (SSSR count). The fourth-order valence-electron chi connectivity index (χ4n) is 0.373. The second-order valence-corrected chi connectivity index (χ2v) is 1.26. The Morgan fingerprint density at radius 1 is 1.75 bits per heavy atom. The van der Waals surface area contributed by atoms with Gasteiger partial charge in [0.1, 0.15) is 6.61 Å². The summed E-state index contributed by atoms with van der Waals surface area (Å²) in [5, 5.41) is 12.9. The van der Waals surface area contributed by atoms with Crippen LogP contribution in [0.3, 0.4) is 0 Å². The van der Waals surface area contributed by atoms with Crippen molar-refractivity contribution < 1.29 is 4.74 Å². The number of hydrogen-bond donors (Lipinski definition) is 1. The third kappa shape index (κ3) is 1.00. The largest absolute Gasteiger partial charge is 0.377 e. The summed E-state index contributed by atoms with van der Waals surface area (Å²) in [6.07, 6.45) is 0. The molecule has 0 aliphatic rings. The summed E-state index contributed by atoms with van der Waals surface area (Å²) in [6.45, 7) is 0.413. The number of nitrogens with zero attached hydrogens (tertiary/aromatic N) is 3. The number of H-pyrrole nitrogens is 1. The van der Waals surface area contributed by atoms with E-state index >= 15 is 0 Å². The van der Waals surface area contributed by atoms with Crippen molar-refractivity contribution in [1.82, 2.24) is 20.6 Å². The van der Waals surface area contributed by atoms with Gasteiger partial charge in [-0.05, 0) is 0 Å². The average molecular weight is 114 g/mol. The summed E-state index contributed by atoms with van der Waals surface area (Å²) in [5.74, 6) is 0.576. The van der Waals surface area contributed by atoms with E-state index in [2.05, 4.69) is 20.6 Å². The fraction of sp³-hybridized carbons (Fsp3) is 0.667. The minimum Gasteiger partial charge on any atom is -0.377 e. The Balaban J connectivity index is 2.50.